The van der Waals surface area contributed by atoms with Gasteiger partial charge in [0.2, 0.25) is 0 Å². The number of aromatic carboxylic acids is 1. The molecule has 0 unspecified atom stereocenters. The molecule has 1 fully saturated rings. The Kier molecular flexibility index (Phi) is 5.52. The van der Waals surface area contributed by atoms with E-state index >= 15 is 0 Å². The summed E-state index contributed by atoms with van der Waals surface area (Å²) in [4.78, 5) is 42.4. The van der Waals surface area contributed by atoms with Crippen LogP contribution in [-0.2, 0) is 6.42 Å². The number of nitrogens with one attached hydrogen (secondary N) is 1. The first kappa shape index (κ1) is 17.9. The molecule has 2 N–H and O–H groups in total. The summed E-state index contributed by atoms with van der Waals surface area (Å²) in [5.74, 6) is -0.932. The van der Waals surface area contributed by atoms with E-state index in [4.69, 9.17) is 9.52 Å². The molecule has 0 aliphatic carbocycles. The average molecular weight is 378 g/mol. The lowest BCUT2D eigenvalue weighted by atomic mass is 10.3. The normalized spacial score (nSPS) is 14.3. The molecule has 0 radical (unpaired) electrons. The van der Waals surface area contributed by atoms with E-state index in [1.54, 1.807) is 21.9 Å². The van der Waals surface area contributed by atoms with Crippen molar-refractivity contribution in [1.82, 2.24) is 20.1 Å². The third-order valence-electron chi connectivity index (χ3n) is 3.97. The quantitative estimate of drug-likeness (QED) is 0.806. The van der Waals surface area contributed by atoms with Crippen molar-refractivity contribution >= 4 is 29.2 Å². The molecule has 1 aliphatic heterocycles. The van der Waals surface area contributed by atoms with Crippen LogP contribution in [0, 0.1) is 0 Å². The second-order valence-corrected chi connectivity index (χ2v) is 6.61. The number of hydrogen-bond acceptors (Lipinski definition) is 6. The third-order valence-corrected chi connectivity index (χ3v) is 4.88. The Morgan fingerprint density at radius 2 is 1.96 bits per heavy atom. The number of amides is 3. The van der Waals surface area contributed by atoms with Gasteiger partial charge in [-0.25, -0.2) is 14.6 Å². The number of urea groups is 1. The van der Waals surface area contributed by atoms with E-state index in [-0.39, 0.29) is 17.6 Å². The van der Waals surface area contributed by atoms with Gasteiger partial charge in [0.15, 0.2) is 11.5 Å². The van der Waals surface area contributed by atoms with Crippen molar-refractivity contribution in [1.29, 1.82) is 0 Å². The van der Waals surface area contributed by atoms with Gasteiger partial charge in [0, 0.05) is 44.5 Å². The van der Waals surface area contributed by atoms with Gasteiger partial charge >= 0.3 is 12.0 Å². The van der Waals surface area contributed by atoms with Crippen LogP contribution in [0.25, 0.3) is 0 Å². The molecular weight excluding hydrogens is 360 g/mol. The molecule has 9 nitrogen and oxygen atoms in total. The van der Waals surface area contributed by atoms with Crippen LogP contribution in [0.15, 0.2) is 28.2 Å². The maximum absolute atomic E-state index is 12.2. The van der Waals surface area contributed by atoms with E-state index in [9.17, 15) is 14.4 Å². The molecule has 3 amide bonds. The topological polar surface area (TPSA) is 116 Å². The number of furan rings is 1. The van der Waals surface area contributed by atoms with Gasteiger partial charge < -0.3 is 24.6 Å². The van der Waals surface area contributed by atoms with Crippen LogP contribution < -0.4 is 5.32 Å². The van der Waals surface area contributed by atoms with Crippen LogP contribution in [0.1, 0.15) is 26.1 Å². The van der Waals surface area contributed by atoms with Crippen molar-refractivity contribution in [2.24, 2.45) is 0 Å². The Hall–Kier alpha value is -2.88. The van der Waals surface area contributed by atoms with E-state index in [0.717, 1.165) is 0 Å². The standard InChI is InChI=1S/C16H18N4O5S/c21-14(12-2-1-9-25-12)19-5-7-20(8-6-19)16(24)17-4-3-13-18-11(10-26-13)15(22)23/h1-2,9-10H,3-8H2,(H,17,24)(H,22,23). The van der Waals surface area contributed by atoms with Gasteiger partial charge in [-0.1, -0.05) is 0 Å². The number of nitrogens with zero attached hydrogens (tertiary/aromatic N) is 3. The van der Waals surface area contributed by atoms with Gasteiger partial charge in [-0.3, -0.25) is 4.79 Å². The zero-order chi connectivity index (χ0) is 18.5. The minimum Gasteiger partial charge on any atom is -0.476 e. The van der Waals surface area contributed by atoms with E-state index in [1.807, 2.05) is 0 Å². The highest BCUT2D eigenvalue weighted by Gasteiger charge is 2.25. The van der Waals surface area contributed by atoms with E-state index in [1.165, 1.54) is 23.0 Å². The van der Waals surface area contributed by atoms with Crippen LogP contribution in [0.5, 0.6) is 0 Å². The Morgan fingerprint density at radius 3 is 2.58 bits per heavy atom. The van der Waals surface area contributed by atoms with Crippen molar-refractivity contribution < 1.29 is 23.9 Å². The summed E-state index contributed by atoms with van der Waals surface area (Å²) in [7, 11) is 0. The van der Waals surface area contributed by atoms with Crippen LogP contribution in [0.4, 0.5) is 4.79 Å². The van der Waals surface area contributed by atoms with Crippen molar-refractivity contribution in [2.45, 2.75) is 6.42 Å². The first-order valence-electron chi connectivity index (χ1n) is 8.08. The van der Waals surface area contributed by atoms with E-state index < -0.39 is 5.97 Å². The van der Waals surface area contributed by atoms with Crippen LogP contribution >= 0.6 is 11.3 Å². The highest BCUT2D eigenvalue weighted by molar-refractivity contribution is 7.09. The van der Waals surface area contributed by atoms with Gasteiger partial charge in [-0.2, -0.15) is 0 Å². The summed E-state index contributed by atoms with van der Waals surface area (Å²) in [6.45, 7) is 2.15. The number of piperazine rings is 1. The largest absolute Gasteiger partial charge is 0.476 e. The number of aromatic nitrogens is 1. The van der Waals surface area contributed by atoms with Gasteiger partial charge in [0.05, 0.1) is 11.3 Å². The van der Waals surface area contributed by atoms with Crippen LogP contribution in [0.2, 0.25) is 0 Å². The highest BCUT2D eigenvalue weighted by atomic mass is 32.1. The molecule has 0 atom stereocenters. The first-order chi connectivity index (χ1) is 12.5. The summed E-state index contributed by atoms with van der Waals surface area (Å²) in [6, 6.07) is 3.08. The van der Waals surface area contributed by atoms with Crippen molar-refractivity contribution in [2.75, 3.05) is 32.7 Å². The number of carboxylic acid groups (broad SMARTS) is 1. The molecule has 2 aromatic rings. The molecule has 0 aromatic carbocycles. The Labute approximate surface area is 153 Å². The summed E-state index contributed by atoms with van der Waals surface area (Å²) < 4.78 is 5.11. The van der Waals surface area contributed by atoms with Crippen molar-refractivity contribution in [3.05, 3.63) is 40.2 Å². The predicted octanol–water partition coefficient (Wildman–Crippen LogP) is 1.14. The Balaban J connectivity index is 1.40. The van der Waals surface area contributed by atoms with Gasteiger partial charge in [-0.05, 0) is 12.1 Å². The third kappa shape index (κ3) is 4.20. The Morgan fingerprint density at radius 1 is 1.23 bits per heavy atom. The number of hydrogen-bond donors (Lipinski definition) is 2. The molecule has 138 valence electrons. The van der Waals surface area contributed by atoms with E-state index in [0.29, 0.717) is 49.9 Å². The monoisotopic (exact) mass is 378 g/mol. The van der Waals surface area contributed by atoms with Crippen molar-refractivity contribution in [3.8, 4) is 0 Å². The first-order valence-corrected chi connectivity index (χ1v) is 8.96. The fourth-order valence-electron chi connectivity index (χ4n) is 2.58. The fourth-order valence-corrected chi connectivity index (χ4v) is 3.35. The SMILES string of the molecule is O=C(O)c1csc(CCNC(=O)N2CCN(C(=O)c3ccco3)CC2)n1. The summed E-state index contributed by atoms with van der Waals surface area (Å²) >= 11 is 1.26. The smallest absolute Gasteiger partial charge is 0.355 e. The lowest BCUT2D eigenvalue weighted by Gasteiger charge is -2.34. The summed E-state index contributed by atoms with van der Waals surface area (Å²) in [6.07, 6.45) is 1.93. The number of rotatable bonds is 5. The number of carboxylic acids is 1. The summed E-state index contributed by atoms with van der Waals surface area (Å²) in [5.41, 5.74) is 0.0219. The van der Waals surface area contributed by atoms with E-state index in [2.05, 4.69) is 10.3 Å². The minimum atomic E-state index is -1.06. The zero-order valence-electron chi connectivity index (χ0n) is 13.9. The number of thiazole rings is 1. The van der Waals surface area contributed by atoms with Gasteiger partial charge in [0.25, 0.3) is 5.91 Å². The highest BCUT2D eigenvalue weighted by Crippen LogP contribution is 2.11. The lowest BCUT2D eigenvalue weighted by molar-refractivity contribution is 0.0633. The molecule has 0 saturated carbocycles. The maximum Gasteiger partial charge on any atom is 0.355 e. The summed E-state index contributed by atoms with van der Waals surface area (Å²) in [5, 5.41) is 13.8. The molecular formula is C16H18N4O5S. The lowest BCUT2D eigenvalue weighted by Crippen LogP contribution is -2.53. The fraction of sp³-hybridized carbons (Fsp3) is 0.375. The predicted molar refractivity (Wildman–Crippen MR) is 92.4 cm³/mol. The van der Waals surface area contributed by atoms with Gasteiger partial charge in [-0.15, -0.1) is 11.3 Å². The van der Waals surface area contributed by atoms with Crippen LogP contribution in [-0.4, -0.2) is 70.5 Å². The second-order valence-electron chi connectivity index (χ2n) is 5.67. The molecule has 3 rings (SSSR count). The molecule has 0 spiro atoms. The molecule has 3 heterocycles. The molecule has 2 aromatic heterocycles. The number of carbonyl (C=O) groups excluding carboxylic acids is 2. The molecule has 26 heavy (non-hydrogen) atoms. The van der Waals surface area contributed by atoms with Crippen LogP contribution in [0.3, 0.4) is 0 Å². The molecule has 1 aliphatic rings. The Bertz CT molecular complexity index is 780. The van der Waals surface area contributed by atoms with Crippen molar-refractivity contribution in [3.63, 3.8) is 0 Å². The van der Waals surface area contributed by atoms with Gasteiger partial charge in [0.1, 0.15) is 0 Å². The molecule has 10 heteroatoms. The molecule has 1 saturated heterocycles. The maximum atomic E-state index is 12.2. The minimum absolute atomic E-state index is 0.0219. The number of carbonyl (C=O) groups is 3. The average Bonchev–Trinajstić information content (AvgIpc) is 3.33. The molecule has 0 bridgehead atoms. The second kappa shape index (κ2) is 8.00. The zero-order valence-corrected chi connectivity index (χ0v) is 14.7.